The SMILES string of the molecule is CCOC(=O)[C@H]1CCCN(Cn2nc([C@@H]3CCS(=O)(=O)C3)oc2=S)C1. The van der Waals surface area contributed by atoms with Gasteiger partial charge in [-0.2, -0.15) is 0 Å². The Balaban J connectivity index is 1.65. The maximum Gasteiger partial charge on any atom is 0.310 e. The summed E-state index contributed by atoms with van der Waals surface area (Å²) in [5.74, 6) is 0.116. The number of ether oxygens (including phenoxy) is 1. The fraction of sp³-hybridized carbons (Fsp3) is 0.800. The lowest BCUT2D eigenvalue weighted by Gasteiger charge is -2.30. The first-order valence-electron chi connectivity index (χ1n) is 8.55. The van der Waals surface area contributed by atoms with Gasteiger partial charge >= 0.3 is 5.97 Å². The van der Waals surface area contributed by atoms with Crippen molar-refractivity contribution in [2.75, 3.05) is 31.2 Å². The number of piperidine rings is 1. The zero-order valence-electron chi connectivity index (χ0n) is 14.2. The van der Waals surface area contributed by atoms with E-state index in [-0.39, 0.29) is 34.1 Å². The number of likely N-dealkylation sites (tertiary alicyclic amines) is 1. The van der Waals surface area contributed by atoms with Gasteiger partial charge in [0, 0.05) is 6.54 Å². The molecule has 0 bridgehead atoms. The van der Waals surface area contributed by atoms with Gasteiger partial charge in [-0.05, 0) is 44.9 Å². The molecule has 2 atom stereocenters. The van der Waals surface area contributed by atoms with Gasteiger partial charge < -0.3 is 9.15 Å². The van der Waals surface area contributed by atoms with Crippen LogP contribution >= 0.6 is 12.2 Å². The van der Waals surface area contributed by atoms with Crippen LogP contribution in [0.4, 0.5) is 0 Å². The van der Waals surface area contributed by atoms with Crippen molar-refractivity contribution in [1.82, 2.24) is 14.7 Å². The number of carbonyl (C=O) groups excluding carboxylic acids is 1. The fourth-order valence-electron chi connectivity index (χ4n) is 3.39. The number of hydrogen-bond acceptors (Lipinski definition) is 8. The topological polar surface area (TPSA) is 94.6 Å². The van der Waals surface area contributed by atoms with Crippen LogP contribution in [0.1, 0.15) is 38.0 Å². The Morgan fingerprint density at radius 1 is 1.44 bits per heavy atom. The average Bonchev–Trinajstić information content (AvgIpc) is 3.11. The molecule has 0 aromatic carbocycles. The molecular formula is C15H23N3O5S2. The Hall–Kier alpha value is -1.26. The van der Waals surface area contributed by atoms with Gasteiger partial charge in [0.2, 0.25) is 5.89 Å². The molecule has 2 aliphatic heterocycles. The summed E-state index contributed by atoms with van der Waals surface area (Å²) in [6.07, 6.45) is 2.25. The van der Waals surface area contributed by atoms with Crippen molar-refractivity contribution in [3.8, 4) is 0 Å². The van der Waals surface area contributed by atoms with Crippen LogP contribution in [0, 0.1) is 10.8 Å². The van der Waals surface area contributed by atoms with Crippen molar-refractivity contribution in [2.24, 2.45) is 5.92 Å². The van der Waals surface area contributed by atoms with Crippen LogP contribution in [0.3, 0.4) is 0 Å². The Kier molecular flexibility index (Phi) is 5.59. The van der Waals surface area contributed by atoms with Crippen molar-refractivity contribution in [3.05, 3.63) is 10.7 Å². The molecule has 3 rings (SSSR count). The number of aromatic nitrogens is 2. The molecule has 0 amide bonds. The van der Waals surface area contributed by atoms with Crippen molar-refractivity contribution in [1.29, 1.82) is 0 Å². The molecule has 8 nitrogen and oxygen atoms in total. The highest BCUT2D eigenvalue weighted by Crippen LogP contribution is 2.28. The number of hydrogen-bond donors (Lipinski definition) is 0. The molecule has 2 aliphatic rings. The highest BCUT2D eigenvalue weighted by molar-refractivity contribution is 7.91. The molecule has 2 fully saturated rings. The first-order chi connectivity index (χ1) is 11.9. The normalized spacial score (nSPS) is 26.6. The Morgan fingerprint density at radius 2 is 2.24 bits per heavy atom. The summed E-state index contributed by atoms with van der Waals surface area (Å²) in [4.78, 5) is 14.3. The van der Waals surface area contributed by atoms with Gasteiger partial charge in [-0.15, -0.1) is 5.10 Å². The zero-order valence-corrected chi connectivity index (χ0v) is 15.9. The Morgan fingerprint density at radius 3 is 2.92 bits per heavy atom. The maximum absolute atomic E-state index is 11.9. The quantitative estimate of drug-likeness (QED) is 0.550. The third-order valence-corrected chi connectivity index (χ3v) is 6.73. The number of sulfone groups is 1. The second kappa shape index (κ2) is 7.55. The molecule has 140 valence electrons. The lowest BCUT2D eigenvalue weighted by atomic mass is 9.99. The molecule has 0 spiro atoms. The van der Waals surface area contributed by atoms with E-state index in [9.17, 15) is 13.2 Å². The summed E-state index contributed by atoms with van der Waals surface area (Å²) in [6.45, 7) is 4.06. The molecule has 25 heavy (non-hydrogen) atoms. The summed E-state index contributed by atoms with van der Waals surface area (Å²) >= 11 is 5.22. The molecule has 2 saturated heterocycles. The summed E-state index contributed by atoms with van der Waals surface area (Å²) in [5, 5.41) is 4.38. The maximum atomic E-state index is 11.9. The summed E-state index contributed by atoms with van der Waals surface area (Å²) in [7, 11) is -3.00. The molecule has 0 radical (unpaired) electrons. The first kappa shape index (κ1) is 18.5. The van der Waals surface area contributed by atoms with Gasteiger partial charge in [0.25, 0.3) is 4.84 Å². The first-order valence-corrected chi connectivity index (χ1v) is 10.8. The summed E-state index contributed by atoms with van der Waals surface area (Å²) < 4.78 is 35.5. The Labute approximate surface area is 152 Å². The van der Waals surface area contributed by atoms with E-state index in [2.05, 4.69) is 10.00 Å². The third kappa shape index (κ3) is 4.48. The van der Waals surface area contributed by atoms with Gasteiger partial charge in [-0.3, -0.25) is 9.69 Å². The molecule has 1 aromatic rings. The number of esters is 1. The van der Waals surface area contributed by atoms with E-state index in [1.54, 1.807) is 11.6 Å². The van der Waals surface area contributed by atoms with Gasteiger partial charge in [-0.1, -0.05) is 0 Å². The van der Waals surface area contributed by atoms with Crippen molar-refractivity contribution >= 4 is 28.0 Å². The standard InChI is InChI=1S/C15H23N3O5S2/c1-2-22-14(19)11-4-3-6-17(8-11)10-18-15(24)23-13(16-18)12-5-7-25(20,21)9-12/h11-12H,2-10H2,1H3/t11-,12+/m0/s1. The predicted octanol–water partition coefficient (Wildman–Crippen LogP) is 1.34. The van der Waals surface area contributed by atoms with Crippen LogP contribution in [-0.2, 0) is 26.0 Å². The van der Waals surface area contributed by atoms with Gasteiger partial charge in [0.1, 0.15) is 0 Å². The fourth-order valence-corrected chi connectivity index (χ4v) is 5.31. The van der Waals surface area contributed by atoms with Crippen molar-refractivity contribution < 1.29 is 22.4 Å². The smallest absolute Gasteiger partial charge is 0.310 e. The van der Waals surface area contributed by atoms with Crippen LogP contribution in [0.15, 0.2) is 4.42 Å². The third-order valence-electron chi connectivity index (χ3n) is 4.66. The van der Waals surface area contributed by atoms with E-state index < -0.39 is 9.84 Å². The van der Waals surface area contributed by atoms with Gasteiger partial charge in [0.05, 0.1) is 36.6 Å². The zero-order chi connectivity index (χ0) is 18.0. The Bertz CT molecular complexity index is 785. The average molecular weight is 389 g/mol. The van der Waals surface area contributed by atoms with E-state index in [0.29, 0.717) is 32.1 Å². The van der Waals surface area contributed by atoms with Crippen molar-refractivity contribution in [3.63, 3.8) is 0 Å². The molecule has 0 saturated carbocycles. The second-order valence-corrected chi connectivity index (χ2v) is 9.19. The number of rotatable bonds is 5. The summed E-state index contributed by atoms with van der Waals surface area (Å²) in [5.41, 5.74) is 0. The minimum Gasteiger partial charge on any atom is -0.466 e. The van der Waals surface area contributed by atoms with E-state index >= 15 is 0 Å². The summed E-state index contributed by atoms with van der Waals surface area (Å²) in [6, 6.07) is 0. The van der Waals surface area contributed by atoms with Crippen LogP contribution in [-0.4, -0.2) is 60.3 Å². The van der Waals surface area contributed by atoms with Crippen LogP contribution in [0.5, 0.6) is 0 Å². The molecule has 0 aliphatic carbocycles. The van der Waals surface area contributed by atoms with Crippen LogP contribution in [0.2, 0.25) is 0 Å². The highest BCUT2D eigenvalue weighted by Gasteiger charge is 2.33. The van der Waals surface area contributed by atoms with Gasteiger partial charge in [-0.25, -0.2) is 13.1 Å². The largest absolute Gasteiger partial charge is 0.466 e. The predicted molar refractivity (Wildman–Crippen MR) is 92.3 cm³/mol. The monoisotopic (exact) mass is 389 g/mol. The van der Waals surface area contributed by atoms with E-state index in [1.807, 2.05) is 0 Å². The van der Waals surface area contributed by atoms with Crippen LogP contribution in [0.25, 0.3) is 0 Å². The lowest BCUT2D eigenvalue weighted by Crippen LogP contribution is -2.40. The molecule has 0 unspecified atom stereocenters. The minimum absolute atomic E-state index is 0.0664. The lowest BCUT2D eigenvalue weighted by molar-refractivity contribution is -0.150. The molecule has 10 heteroatoms. The van der Waals surface area contributed by atoms with Crippen LogP contribution < -0.4 is 0 Å². The van der Waals surface area contributed by atoms with Crippen molar-refractivity contribution in [2.45, 2.75) is 38.8 Å². The van der Waals surface area contributed by atoms with Gasteiger partial charge in [0.15, 0.2) is 9.84 Å². The number of carbonyl (C=O) groups is 1. The minimum atomic E-state index is -3.00. The molecule has 3 heterocycles. The highest BCUT2D eigenvalue weighted by atomic mass is 32.2. The second-order valence-electron chi connectivity index (χ2n) is 6.62. The molecule has 1 aromatic heterocycles. The van der Waals surface area contributed by atoms with E-state index in [0.717, 1.165) is 19.4 Å². The number of nitrogens with zero attached hydrogens (tertiary/aromatic N) is 3. The van der Waals surface area contributed by atoms with E-state index in [4.69, 9.17) is 21.4 Å². The molecule has 0 N–H and O–H groups in total. The van der Waals surface area contributed by atoms with E-state index in [1.165, 1.54) is 0 Å². The molecular weight excluding hydrogens is 366 g/mol.